The second-order valence-electron chi connectivity index (χ2n) is 7.55. The minimum atomic E-state index is -3.12. The van der Waals surface area contributed by atoms with Crippen LogP contribution in [-0.2, 0) is 24.2 Å². The van der Waals surface area contributed by atoms with Gasteiger partial charge in [0.25, 0.3) is 5.91 Å². The summed E-state index contributed by atoms with van der Waals surface area (Å²) >= 11 is 0. The summed E-state index contributed by atoms with van der Waals surface area (Å²) in [6, 6.07) is 4.89. The Morgan fingerprint density at radius 3 is 2.72 bits per heavy atom. The van der Waals surface area contributed by atoms with Crippen molar-refractivity contribution < 1.29 is 32.2 Å². The van der Waals surface area contributed by atoms with Crippen molar-refractivity contribution in [3.63, 3.8) is 0 Å². The Morgan fingerprint density at radius 1 is 1.28 bits per heavy atom. The van der Waals surface area contributed by atoms with Crippen molar-refractivity contribution in [3.8, 4) is 11.5 Å². The topological polar surface area (TPSA) is 99.2 Å². The highest BCUT2D eigenvalue weighted by molar-refractivity contribution is 7.91. The number of fused-ring (bicyclic) bond motifs is 1. The van der Waals surface area contributed by atoms with Crippen LogP contribution in [0.4, 0.5) is 0 Å². The van der Waals surface area contributed by atoms with E-state index in [-0.39, 0.29) is 36.2 Å². The van der Waals surface area contributed by atoms with Gasteiger partial charge in [-0.2, -0.15) is 0 Å². The lowest BCUT2D eigenvalue weighted by molar-refractivity contribution is -0.149. The number of carbonyl (C=O) groups excluding carboxylic acids is 2. The van der Waals surface area contributed by atoms with Crippen LogP contribution in [0.15, 0.2) is 24.3 Å². The molecule has 158 valence electrons. The van der Waals surface area contributed by atoms with Gasteiger partial charge in [-0.15, -0.1) is 0 Å². The monoisotopic (exact) mass is 423 g/mol. The van der Waals surface area contributed by atoms with Crippen LogP contribution >= 0.6 is 0 Å². The molecule has 1 amide bonds. The van der Waals surface area contributed by atoms with Crippen LogP contribution in [0.25, 0.3) is 6.08 Å². The standard InChI is InChI=1S/C20H25NO7S/c1-14(2)10-21(16-7-8-29(24,25)12-16)19(22)11-26-20(23)6-4-15-3-5-17-18(9-15)28-13-27-17/h3-6,9,14,16H,7-8,10-13H2,1-2H3/b6-4+/t16-/m1/s1. The van der Waals surface area contributed by atoms with Crippen LogP contribution < -0.4 is 9.47 Å². The van der Waals surface area contributed by atoms with Crippen molar-refractivity contribution in [2.45, 2.75) is 26.3 Å². The Kier molecular flexibility index (Phi) is 6.46. The molecule has 2 aliphatic heterocycles. The van der Waals surface area contributed by atoms with Crippen molar-refractivity contribution in [2.75, 3.05) is 31.5 Å². The molecule has 1 fully saturated rings. The Balaban J connectivity index is 1.55. The third-order valence-corrected chi connectivity index (χ3v) is 6.43. The van der Waals surface area contributed by atoms with Crippen LogP contribution in [0.3, 0.4) is 0 Å². The number of ether oxygens (including phenoxy) is 3. The molecule has 8 nitrogen and oxygen atoms in total. The molecule has 29 heavy (non-hydrogen) atoms. The number of benzene rings is 1. The Morgan fingerprint density at radius 2 is 2.03 bits per heavy atom. The van der Waals surface area contributed by atoms with Gasteiger partial charge in [-0.1, -0.05) is 19.9 Å². The molecule has 2 heterocycles. The highest BCUT2D eigenvalue weighted by atomic mass is 32.2. The average molecular weight is 423 g/mol. The van der Waals surface area contributed by atoms with E-state index in [0.717, 1.165) is 5.56 Å². The Hall–Kier alpha value is -2.55. The molecule has 0 unspecified atom stereocenters. The van der Waals surface area contributed by atoms with Gasteiger partial charge in [0.1, 0.15) is 0 Å². The molecule has 0 bridgehead atoms. The lowest BCUT2D eigenvalue weighted by Crippen LogP contribution is -2.45. The maximum absolute atomic E-state index is 12.6. The quantitative estimate of drug-likeness (QED) is 0.486. The molecule has 0 radical (unpaired) electrons. The summed E-state index contributed by atoms with van der Waals surface area (Å²) < 4.78 is 39.1. The molecular formula is C20H25NO7S. The van der Waals surface area contributed by atoms with Gasteiger partial charge in [0, 0.05) is 18.7 Å². The minimum Gasteiger partial charge on any atom is -0.454 e. The second-order valence-corrected chi connectivity index (χ2v) is 9.78. The fourth-order valence-corrected chi connectivity index (χ4v) is 5.04. The van der Waals surface area contributed by atoms with Gasteiger partial charge < -0.3 is 19.1 Å². The van der Waals surface area contributed by atoms with E-state index in [2.05, 4.69) is 0 Å². The Bertz CT molecular complexity index is 907. The lowest BCUT2D eigenvalue weighted by atomic mass is 10.1. The predicted molar refractivity (Wildman–Crippen MR) is 106 cm³/mol. The summed E-state index contributed by atoms with van der Waals surface area (Å²) in [5, 5.41) is 0. The molecule has 0 spiro atoms. The highest BCUT2D eigenvalue weighted by Gasteiger charge is 2.35. The van der Waals surface area contributed by atoms with Crippen LogP contribution in [0.2, 0.25) is 0 Å². The van der Waals surface area contributed by atoms with Crippen molar-refractivity contribution >= 4 is 27.8 Å². The first-order valence-corrected chi connectivity index (χ1v) is 11.3. The fraction of sp³-hybridized carbons (Fsp3) is 0.500. The van der Waals surface area contributed by atoms with E-state index in [0.29, 0.717) is 24.5 Å². The zero-order chi connectivity index (χ0) is 21.0. The fourth-order valence-electron chi connectivity index (χ4n) is 3.31. The van der Waals surface area contributed by atoms with E-state index in [1.165, 1.54) is 11.0 Å². The van der Waals surface area contributed by atoms with Crippen LogP contribution in [0.1, 0.15) is 25.8 Å². The van der Waals surface area contributed by atoms with Gasteiger partial charge in [-0.3, -0.25) is 4.79 Å². The highest BCUT2D eigenvalue weighted by Crippen LogP contribution is 2.32. The first-order valence-electron chi connectivity index (χ1n) is 9.48. The van der Waals surface area contributed by atoms with E-state index in [1.54, 1.807) is 24.3 Å². The molecular weight excluding hydrogens is 398 g/mol. The normalized spacial score (nSPS) is 19.6. The summed E-state index contributed by atoms with van der Waals surface area (Å²) in [6.45, 7) is 4.06. The summed E-state index contributed by atoms with van der Waals surface area (Å²) in [4.78, 5) is 26.1. The van der Waals surface area contributed by atoms with Crippen molar-refractivity contribution in [3.05, 3.63) is 29.8 Å². The number of amides is 1. The van der Waals surface area contributed by atoms with Crippen LogP contribution in [0, 0.1) is 5.92 Å². The first-order chi connectivity index (χ1) is 13.7. The number of hydrogen-bond acceptors (Lipinski definition) is 7. The number of hydrogen-bond donors (Lipinski definition) is 0. The van der Waals surface area contributed by atoms with E-state index in [1.807, 2.05) is 13.8 Å². The van der Waals surface area contributed by atoms with E-state index < -0.39 is 22.4 Å². The summed E-state index contributed by atoms with van der Waals surface area (Å²) in [6.07, 6.45) is 3.21. The summed E-state index contributed by atoms with van der Waals surface area (Å²) in [7, 11) is -3.12. The largest absolute Gasteiger partial charge is 0.454 e. The summed E-state index contributed by atoms with van der Waals surface area (Å²) in [5.41, 5.74) is 0.732. The van der Waals surface area contributed by atoms with Gasteiger partial charge in [-0.25, -0.2) is 13.2 Å². The predicted octanol–water partition coefficient (Wildman–Crippen LogP) is 1.64. The number of sulfone groups is 1. The number of carbonyl (C=O) groups is 2. The van der Waals surface area contributed by atoms with E-state index in [9.17, 15) is 18.0 Å². The smallest absolute Gasteiger partial charge is 0.331 e. The molecule has 0 saturated carbocycles. The molecule has 3 rings (SSSR count). The van der Waals surface area contributed by atoms with Gasteiger partial charge in [0.2, 0.25) is 6.79 Å². The lowest BCUT2D eigenvalue weighted by Gasteiger charge is -2.29. The average Bonchev–Trinajstić information content (AvgIpc) is 3.27. The maximum atomic E-state index is 12.6. The number of nitrogens with zero attached hydrogens (tertiary/aromatic N) is 1. The van der Waals surface area contributed by atoms with Gasteiger partial charge in [-0.05, 0) is 36.1 Å². The van der Waals surface area contributed by atoms with Crippen molar-refractivity contribution in [1.29, 1.82) is 0 Å². The molecule has 1 aromatic carbocycles. The van der Waals surface area contributed by atoms with Crippen LogP contribution in [0.5, 0.6) is 11.5 Å². The minimum absolute atomic E-state index is 0.0383. The SMILES string of the molecule is CC(C)CN(C(=O)COC(=O)/C=C/c1ccc2c(c1)OCO2)[C@@H]1CCS(=O)(=O)C1. The number of rotatable bonds is 7. The third kappa shape index (κ3) is 5.72. The first kappa shape index (κ1) is 21.2. The molecule has 0 aromatic heterocycles. The molecule has 1 aromatic rings. The molecule has 9 heteroatoms. The summed E-state index contributed by atoms with van der Waals surface area (Å²) in [5.74, 6) is 0.427. The van der Waals surface area contributed by atoms with Crippen molar-refractivity contribution in [2.24, 2.45) is 5.92 Å². The Labute approximate surface area is 170 Å². The third-order valence-electron chi connectivity index (χ3n) is 4.68. The van der Waals surface area contributed by atoms with Crippen molar-refractivity contribution in [1.82, 2.24) is 4.90 Å². The molecule has 2 aliphatic rings. The van der Waals surface area contributed by atoms with Gasteiger partial charge in [0.15, 0.2) is 27.9 Å². The van der Waals surface area contributed by atoms with Crippen LogP contribution in [-0.4, -0.2) is 62.7 Å². The second kappa shape index (κ2) is 8.86. The van der Waals surface area contributed by atoms with Gasteiger partial charge >= 0.3 is 5.97 Å². The maximum Gasteiger partial charge on any atom is 0.331 e. The zero-order valence-electron chi connectivity index (χ0n) is 16.5. The molecule has 0 aliphatic carbocycles. The van der Waals surface area contributed by atoms with E-state index in [4.69, 9.17) is 14.2 Å². The van der Waals surface area contributed by atoms with E-state index >= 15 is 0 Å². The zero-order valence-corrected chi connectivity index (χ0v) is 17.3. The number of esters is 1. The molecule has 0 N–H and O–H groups in total. The van der Waals surface area contributed by atoms with Gasteiger partial charge in [0.05, 0.1) is 11.5 Å². The molecule has 1 atom stereocenters. The molecule has 1 saturated heterocycles.